The van der Waals surface area contributed by atoms with Crippen molar-refractivity contribution in [3.63, 3.8) is 0 Å². The zero-order valence-corrected chi connectivity index (χ0v) is 12.1. The Bertz CT molecular complexity index is 449. The number of hydrogen-bond donors (Lipinski definition) is 2. The van der Waals surface area contributed by atoms with E-state index in [1.807, 2.05) is 25.2 Å². The molecule has 0 amide bonds. The molecule has 0 spiro atoms. The number of hydrazine groups is 1. The van der Waals surface area contributed by atoms with E-state index in [0.717, 1.165) is 23.5 Å². The number of nitrogens with zero attached hydrogens (tertiary/aromatic N) is 1. The third-order valence-electron chi connectivity index (χ3n) is 3.27. The van der Waals surface area contributed by atoms with Gasteiger partial charge in [-0.1, -0.05) is 0 Å². The number of nitrogens with two attached hydrogens (primary N) is 1. The summed E-state index contributed by atoms with van der Waals surface area (Å²) in [5.41, 5.74) is 11.4. The normalized spacial score (nSPS) is 19.2. The maximum Gasteiger partial charge on any atom is 0.124 e. The Morgan fingerprint density at radius 2 is 2.26 bits per heavy atom. The average Bonchev–Trinajstić information content (AvgIpc) is 2.73. The first-order chi connectivity index (χ1) is 9.05. The van der Waals surface area contributed by atoms with Crippen molar-refractivity contribution in [1.82, 2.24) is 10.4 Å². The first-order valence-corrected chi connectivity index (χ1v) is 6.56. The van der Waals surface area contributed by atoms with Crippen molar-refractivity contribution in [2.24, 2.45) is 5.73 Å². The Morgan fingerprint density at radius 3 is 2.84 bits per heavy atom. The van der Waals surface area contributed by atoms with Crippen LogP contribution in [0.2, 0.25) is 0 Å². The second-order valence-electron chi connectivity index (χ2n) is 5.15. The molecule has 106 valence electrons. The van der Waals surface area contributed by atoms with E-state index in [9.17, 15) is 0 Å². The summed E-state index contributed by atoms with van der Waals surface area (Å²) in [4.78, 5) is 0. The van der Waals surface area contributed by atoms with Gasteiger partial charge < -0.3 is 15.2 Å². The van der Waals surface area contributed by atoms with Crippen LogP contribution in [0.25, 0.3) is 0 Å². The number of rotatable bonds is 5. The molecule has 0 saturated carbocycles. The van der Waals surface area contributed by atoms with Gasteiger partial charge in [0.1, 0.15) is 17.6 Å². The number of ether oxygens (including phenoxy) is 2. The molecule has 0 aromatic heterocycles. The zero-order valence-electron chi connectivity index (χ0n) is 12.1. The molecule has 19 heavy (non-hydrogen) atoms. The molecule has 0 bridgehead atoms. The van der Waals surface area contributed by atoms with Gasteiger partial charge in [-0.15, -0.1) is 0 Å². The van der Waals surface area contributed by atoms with Crippen molar-refractivity contribution in [3.05, 3.63) is 23.3 Å². The predicted molar refractivity (Wildman–Crippen MR) is 75.4 cm³/mol. The van der Waals surface area contributed by atoms with E-state index in [4.69, 9.17) is 15.2 Å². The van der Waals surface area contributed by atoms with Crippen molar-refractivity contribution in [1.29, 1.82) is 0 Å². The van der Waals surface area contributed by atoms with Gasteiger partial charge in [-0.05, 0) is 19.1 Å². The van der Waals surface area contributed by atoms with Crippen LogP contribution in [0, 0.1) is 0 Å². The molecule has 5 heteroatoms. The van der Waals surface area contributed by atoms with Gasteiger partial charge in [-0.2, -0.15) is 0 Å². The standard InChI is InChI=1S/C14H23N3O2/c1-9-5-10-6-14(18-4)11(7-13(10)19-9)12(8-15)16-17(2)3/h6-7,9,12,16H,5,8,15H2,1-4H3. The first kappa shape index (κ1) is 14.1. The van der Waals surface area contributed by atoms with Gasteiger partial charge in [0.15, 0.2) is 0 Å². The maximum atomic E-state index is 5.86. The van der Waals surface area contributed by atoms with E-state index in [0.29, 0.717) is 6.54 Å². The van der Waals surface area contributed by atoms with Crippen LogP contribution in [-0.4, -0.2) is 38.9 Å². The van der Waals surface area contributed by atoms with Crippen LogP contribution in [0.15, 0.2) is 12.1 Å². The summed E-state index contributed by atoms with van der Waals surface area (Å²) in [6.45, 7) is 2.56. The van der Waals surface area contributed by atoms with Crippen molar-refractivity contribution in [2.45, 2.75) is 25.5 Å². The quantitative estimate of drug-likeness (QED) is 0.780. The lowest BCUT2D eigenvalue weighted by atomic mass is 10.0. The molecular formula is C14H23N3O2. The molecule has 5 nitrogen and oxygen atoms in total. The van der Waals surface area contributed by atoms with E-state index < -0.39 is 0 Å². The largest absolute Gasteiger partial charge is 0.496 e. The molecule has 2 unspecified atom stereocenters. The van der Waals surface area contributed by atoms with Crippen LogP contribution in [0.4, 0.5) is 0 Å². The summed E-state index contributed by atoms with van der Waals surface area (Å²) in [6, 6.07) is 4.12. The SMILES string of the molecule is COc1cc2c(cc1C(CN)NN(C)C)OC(C)C2. The van der Waals surface area contributed by atoms with Gasteiger partial charge in [0.05, 0.1) is 13.2 Å². The Hall–Kier alpha value is -1.30. The second kappa shape index (κ2) is 5.77. The summed E-state index contributed by atoms with van der Waals surface area (Å²) in [5.74, 6) is 1.81. The van der Waals surface area contributed by atoms with Crippen LogP contribution in [0.1, 0.15) is 24.1 Å². The molecule has 1 aliphatic rings. The minimum atomic E-state index is 0.00903. The van der Waals surface area contributed by atoms with E-state index in [1.54, 1.807) is 7.11 Å². The predicted octanol–water partition coefficient (Wildman–Crippen LogP) is 1.08. The monoisotopic (exact) mass is 265 g/mol. The lowest BCUT2D eigenvalue weighted by molar-refractivity contribution is 0.239. The van der Waals surface area contributed by atoms with Gasteiger partial charge in [0.2, 0.25) is 0 Å². The Balaban J connectivity index is 2.36. The number of benzene rings is 1. The number of methoxy groups -OCH3 is 1. The van der Waals surface area contributed by atoms with Gasteiger partial charge in [0.25, 0.3) is 0 Å². The van der Waals surface area contributed by atoms with Crippen molar-refractivity contribution in [3.8, 4) is 11.5 Å². The highest BCUT2D eigenvalue weighted by Crippen LogP contribution is 2.37. The minimum absolute atomic E-state index is 0.00903. The maximum absolute atomic E-state index is 5.86. The molecule has 2 rings (SSSR count). The Kier molecular flexibility index (Phi) is 4.29. The van der Waals surface area contributed by atoms with Gasteiger partial charge >= 0.3 is 0 Å². The molecule has 1 aromatic carbocycles. The van der Waals surface area contributed by atoms with Crippen LogP contribution in [0.5, 0.6) is 11.5 Å². The molecule has 2 atom stereocenters. The van der Waals surface area contributed by atoms with Crippen LogP contribution >= 0.6 is 0 Å². The molecular weight excluding hydrogens is 242 g/mol. The fraction of sp³-hybridized carbons (Fsp3) is 0.571. The van der Waals surface area contributed by atoms with Gasteiger partial charge in [-0.3, -0.25) is 0 Å². The second-order valence-corrected chi connectivity index (χ2v) is 5.15. The van der Waals surface area contributed by atoms with Crippen LogP contribution in [-0.2, 0) is 6.42 Å². The molecule has 1 heterocycles. The minimum Gasteiger partial charge on any atom is -0.496 e. The molecule has 1 aromatic rings. The average molecular weight is 265 g/mol. The highest BCUT2D eigenvalue weighted by molar-refractivity contribution is 5.50. The molecule has 0 radical (unpaired) electrons. The van der Waals surface area contributed by atoms with E-state index in [-0.39, 0.29) is 12.1 Å². The van der Waals surface area contributed by atoms with Crippen molar-refractivity contribution < 1.29 is 9.47 Å². The number of fused-ring (bicyclic) bond motifs is 1. The van der Waals surface area contributed by atoms with E-state index in [2.05, 4.69) is 18.4 Å². The van der Waals surface area contributed by atoms with Crippen LogP contribution < -0.4 is 20.6 Å². The third-order valence-corrected chi connectivity index (χ3v) is 3.27. The summed E-state index contributed by atoms with van der Waals surface area (Å²) in [7, 11) is 5.58. The van der Waals surface area contributed by atoms with Crippen molar-refractivity contribution in [2.75, 3.05) is 27.7 Å². The summed E-state index contributed by atoms with van der Waals surface area (Å²) < 4.78 is 11.3. The number of hydrogen-bond acceptors (Lipinski definition) is 5. The number of nitrogens with one attached hydrogen (secondary N) is 1. The zero-order chi connectivity index (χ0) is 14.0. The fourth-order valence-electron chi connectivity index (χ4n) is 2.47. The molecule has 3 N–H and O–H groups in total. The van der Waals surface area contributed by atoms with Gasteiger partial charge in [-0.25, -0.2) is 10.4 Å². The van der Waals surface area contributed by atoms with E-state index >= 15 is 0 Å². The molecule has 1 aliphatic heterocycles. The summed E-state index contributed by atoms with van der Waals surface area (Å²) >= 11 is 0. The Morgan fingerprint density at radius 1 is 1.53 bits per heavy atom. The Labute approximate surface area is 114 Å². The lowest BCUT2D eigenvalue weighted by Gasteiger charge is -2.24. The third kappa shape index (κ3) is 3.00. The molecule has 0 aliphatic carbocycles. The molecule has 0 saturated heterocycles. The topological polar surface area (TPSA) is 59.8 Å². The smallest absolute Gasteiger partial charge is 0.124 e. The first-order valence-electron chi connectivity index (χ1n) is 6.56. The summed E-state index contributed by atoms with van der Waals surface area (Å²) in [5, 5.41) is 1.90. The summed E-state index contributed by atoms with van der Waals surface area (Å²) in [6.07, 6.45) is 1.16. The highest BCUT2D eigenvalue weighted by Gasteiger charge is 2.24. The van der Waals surface area contributed by atoms with Crippen LogP contribution in [0.3, 0.4) is 0 Å². The fourth-order valence-corrected chi connectivity index (χ4v) is 2.47. The highest BCUT2D eigenvalue weighted by atomic mass is 16.5. The van der Waals surface area contributed by atoms with Gasteiger partial charge in [0, 0.05) is 38.2 Å². The lowest BCUT2D eigenvalue weighted by Crippen LogP contribution is -2.38. The van der Waals surface area contributed by atoms with Crippen molar-refractivity contribution >= 4 is 0 Å². The molecule has 0 fully saturated rings. The van der Waals surface area contributed by atoms with E-state index in [1.165, 1.54) is 5.56 Å².